The summed E-state index contributed by atoms with van der Waals surface area (Å²) >= 11 is 0. The van der Waals surface area contributed by atoms with Gasteiger partial charge in [0.05, 0.1) is 11.7 Å². The van der Waals surface area contributed by atoms with Gasteiger partial charge < -0.3 is 14.9 Å². The molecule has 122 valence electrons. The monoisotopic (exact) mass is 307 g/mol. The maximum absolute atomic E-state index is 11.6. The molecule has 0 radical (unpaired) electrons. The molecule has 0 aliphatic carbocycles. The van der Waals surface area contributed by atoms with Crippen molar-refractivity contribution in [2.45, 2.75) is 45.3 Å². The summed E-state index contributed by atoms with van der Waals surface area (Å²) in [6, 6.07) is 9.08. The number of nitrogens with one attached hydrogen (secondary N) is 1. The molecule has 3 N–H and O–H groups in total. The largest absolute Gasteiger partial charge is 0.445 e. The van der Waals surface area contributed by atoms with Crippen LogP contribution in [0, 0.1) is 0 Å². The van der Waals surface area contributed by atoms with Crippen LogP contribution in [0.2, 0.25) is 0 Å². The fourth-order valence-corrected chi connectivity index (χ4v) is 1.75. The van der Waals surface area contributed by atoms with E-state index >= 15 is 0 Å². The molecule has 0 fully saturated rings. The summed E-state index contributed by atoms with van der Waals surface area (Å²) in [6.07, 6.45) is 1.60. The molecule has 0 saturated carbocycles. The van der Waals surface area contributed by atoms with E-state index in [1.165, 1.54) is 0 Å². The van der Waals surface area contributed by atoms with Gasteiger partial charge in [0.15, 0.2) is 0 Å². The first kappa shape index (κ1) is 18.2. The third kappa shape index (κ3) is 7.24. The van der Waals surface area contributed by atoms with Gasteiger partial charge in [0.25, 0.3) is 0 Å². The maximum Gasteiger partial charge on any atom is 0.411 e. The normalized spacial score (nSPS) is 13.6. The minimum absolute atomic E-state index is 0.170. The summed E-state index contributed by atoms with van der Waals surface area (Å²) in [5.74, 6) is 0. The van der Waals surface area contributed by atoms with Crippen molar-refractivity contribution < 1.29 is 19.7 Å². The highest BCUT2D eigenvalue weighted by atomic mass is 16.5. The van der Waals surface area contributed by atoms with Crippen LogP contribution in [-0.4, -0.2) is 34.6 Å². The molecule has 0 heterocycles. The minimum atomic E-state index is -1.10. The van der Waals surface area contributed by atoms with Gasteiger partial charge in [-0.15, -0.1) is 0 Å². The van der Waals surface area contributed by atoms with Gasteiger partial charge in [0.1, 0.15) is 6.61 Å². The number of aliphatic hydroxyl groups excluding tert-OH is 1. The van der Waals surface area contributed by atoms with E-state index in [2.05, 4.69) is 5.32 Å². The number of aliphatic hydroxyl groups is 2. The second kappa shape index (κ2) is 8.56. The molecule has 1 amide bonds. The van der Waals surface area contributed by atoms with E-state index in [0.717, 1.165) is 5.57 Å². The Morgan fingerprint density at radius 2 is 2.00 bits per heavy atom. The quantitative estimate of drug-likeness (QED) is 0.676. The van der Waals surface area contributed by atoms with Crippen molar-refractivity contribution in [2.75, 3.05) is 11.9 Å². The Kier molecular flexibility index (Phi) is 7.08. The average Bonchev–Trinajstić information content (AvgIpc) is 2.44. The van der Waals surface area contributed by atoms with Crippen molar-refractivity contribution in [3.8, 4) is 0 Å². The van der Waals surface area contributed by atoms with Gasteiger partial charge in [-0.3, -0.25) is 5.32 Å². The molecular formula is C17H25NO4. The Bertz CT molecular complexity index is 491. The van der Waals surface area contributed by atoms with Gasteiger partial charge in [0.2, 0.25) is 0 Å². The molecule has 0 aromatic heterocycles. The van der Waals surface area contributed by atoms with E-state index in [4.69, 9.17) is 4.74 Å². The smallest absolute Gasteiger partial charge is 0.411 e. The maximum atomic E-state index is 11.6. The van der Waals surface area contributed by atoms with Crippen LogP contribution in [0.4, 0.5) is 10.5 Å². The fraction of sp³-hybridized carbons (Fsp3) is 0.471. The van der Waals surface area contributed by atoms with E-state index in [1.807, 2.05) is 25.1 Å². The van der Waals surface area contributed by atoms with Crippen molar-refractivity contribution >= 4 is 11.8 Å². The number of hydrogen-bond donors (Lipinski definition) is 3. The van der Waals surface area contributed by atoms with Crippen LogP contribution >= 0.6 is 0 Å². The third-order valence-electron chi connectivity index (χ3n) is 3.29. The van der Waals surface area contributed by atoms with Crippen LogP contribution in [-0.2, 0) is 4.74 Å². The standard InChI is InChI=1S/C17H25NO4/c1-13(9-10-15(19)17(2,3)21)11-12-22-16(20)18-14-7-5-4-6-8-14/h4-8,11,15,19,21H,9-10,12H2,1-3H3,(H,18,20)/b13-11-. The molecule has 0 aliphatic rings. The number of benzene rings is 1. The number of anilines is 1. The summed E-state index contributed by atoms with van der Waals surface area (Å²) in [5, 5.41) is 22.0. The molecule has 1 aromatic carbocycles. The number of carbonyl (C=O) groups is 1. The van der Waals surface area contributed by atoms with Gasteiger partial charge in [-0.05, 0) is 51.8 Å². The van der Waals surface area contributed by atoms with E-state index in [9.17, 15) is 15.0 Å². The molecule has 0 aliphatic heterocycles. The number of amides is 1. The van der Waals surface area contributed by atoms with Gasteiger partial charge in [-0.2, -0.15) is 0 Å². The van der Waals surface area contributed by atoms with E-state index in [0.29, 0.717) is 18.5 Å². The lowest BCUT2D eigenvalue weighted by atomic mass is 9.96. The second-order valence-corrected chi connectivity index (χ2v) is 5.85. The third-order valence-corrected chi connectivity index (χ3v) is 3.29. The van der Waals surface area contributed by atoms with Crippen molar-refractivity contribution in [2.24, 2.45) is 0 Å². The van der Waals surface area contributed by atoms with Gasteiger partial charge in [-0.25, -0.2) is 4.79 Å². The van der Waals surface area contributed by atoms with E-state index in [-0.39, 0.29) is 6.61 Å². The molecule has 1 atom stereocenters. The predicted molar refractivity (Wildman–Crippen MR) is 86.7 cm³/mol. The van der Waals surface area contributed by atoms with Crippen LogP contribution in [0.25, 0.3) is 0 Å². The minimum Gasteiger partial charge on any atom is -0.445 e. The summed E-state index contributed by atoms with van der Waals surface area (Å²) in [4.78, 5) is 11.6. The summed E-state index contributed by atoms with van der Waals surface area (Å²) in [7, 11) is 0. The van der Waals surface area contributed by atoms with E-state index in [1.54, 1.807) is 32.1 Å². The van der Waals surface area contributed by atoms with Crippen LogP contribution < -0.4 is 5.32 Å². The lowest BCUT2D eigenvalue weighted by Crippen LogP contribution is -2.35. The highest BCUT2D eigenvalue weighted by Gasteiger charge is 2.23. The molecule has 22 heavy (non-hydrogen) atoms. The van der Waals surface area contributed by atoms with Crippen LogP contribution in [0.5, 0.6) is 0 Å². The molecule has 0 bridgehead atoms. The highest BCUT2D eigenvalue weighted by Crippen LogP contribution is 2.16. The van der Waals surface area contributed by atoms with E-state index < -0.39 is 17.8 Å². The highest BCUT2D eigenvalue weighted by molar-refractivity contribution is 5.84. The van der Waals surface area contributed by atoms with Crippen molar-refractivity contribution in [1.29, 1.82) is 0 Å². The number of allylic oxidation sites excluding steroid dienone is 1. The van der Waals surface area contributed by atoms with Gasteiger partial charge >= 0.3 is 6.09 Å². The second-order valence-electron chi connectivity index (χ2n) is 5.85. The summed E-state index contributed by atoms with van der Waals surface area (Å²) in [6.45, 7) is 5.22. The van der Waals surface area contributed by atoms with Crippen molar-refractivity contribution in [3.63, 3.8) is 0 Å². The molecule has 0 spiro atoms. The summed E-state index contributed by atoms with van der Waals surface area (Å²) < 4.78 is 5.05. The van der Waals surface area contributed by atoms with Gasteiger partial charge in [0, 0.05) is 5.69 Å². The first-order chi connectivity index (χ1) is 10.3. The Morgan fingerprint density at radius 3 is 2.59 bits per heavy atom. The first-order valence-electron chi connectivity index (χ1n) is 7.34. The van der Waals surface area contributed by atoms with Crippen molar-refractivity contribution in [3.05, 3.63) is 42.0 Å². The number of rotatable bonds is 7. The SMILES string of the molecule is C/C(=C/COC(=O)Nc1ccccc1)CCC(O)C(C)(C)O. The molecule has 5 nitrogen and oxygen atoms in total. The Hall–Kier alpha value is -1.85. The van der Waals surface area contributed by atoms with Crippen LogP contribution in [0.15, 0.2) is 42.0 Å². The lowest BCUT2D eigenvalue weighted by molar-refractivity contribution is -0.0509. The van der Waals surface area contributed by atoms with Gasteiger partial charge in [-0.1, -0.05) is 23.8 Å². The first-order valence-corrected chi connectivity index (χ1v) is 7.34. The van der Waals surface area contributed by atoms with Crippen LogP contribution in [0.3, 0.4) is 0 Å². The molecule has 5 heteroatoms. The Morgan fingerprint density at radius 1 is 1.36 bits per heavy atom. The lowest BCUT2D eigenvalue weighted by Gasteiger charge is -2.24. The fourth-order valence-electron chi connectivity index (χ4n) is 1.75. The Labute approximate surface area is 131 Å². The average molecular weight is 307 g/mol. The topological polar surface area (TPSA) is 78.8 Å². The predicted octanol–water partition coefficient (Wildman–Crippen LogP) is 3.09. The molecular weight excluding hydrogens is 282 g/mol. The molecule has 1 aromatic rings. The number of hydrogen-bond acceptors (Lipinski definition) is 4. The number of ether oxygens (including phenoxy) is 1. The zero-order valence-electron chi connectivity index (χ0n) is 13.4. The van der Waals surface area contributed by atoms with Crippen molar-refractivity contribution in [1.82, 2.24) is 0 Å². The Balaban J connectivity index is 2.28. The molecule has 1 unspecified atom stereocenters. The zero-order valence-corrected chi connectivity index (χ0v) is 13.4. The zero-order chi connectivity index (χ0) is 16.6. The number of carbonyl (C=O) groups excluding carboxylic acids is 1. The molecule has 1 rings (SSSR count). The molecule has 0 saturated heterocycles. The summed E-state index contributed by atoms with van der Waals surface area (Å²) in [5.41, 5.74) is 0.573. The van der Waals surface area contributed by atoms with Crippen LogP contribution in [0.1, 0.15) is 33.6 Å². The number of para-hydroxylation sites is 1.